The first kappa shape index (κ1) is 19.0. The fraction of sp³-hybridized carbons (Fsp3) is 0.273. The molecule has 1 atom stereocenters. The molecule has 3 rings (SSSR count). The normalized spacial score (nSPS) is 12.1. The average Bonchev–Trinajstić information content (AvgIpc) is 3.20. The van der Waals surface area contributed by atoms with E-state index in [4.69, 9.17) is 13.9 Å². The van der Waals surface area contributed by atoms with Crippen LogP contribution in [0.1, 0.15) is 11.3 Å². The van der Waals surface area contributed by atoms with Crippen LogP contribution in [-0.2, 0) is 13.1 Å². The number of furan rings is 1. The standard InChI is InChI=1S/C22H25NO4/c1-25-22-12-6-5-8-18(22)14-23(16-21-11-7-13-26-21)15-19(24)17-27-20-9-3-2-4-10-20/h2-13,19,24H,14-17H2,1H3/t19-/m0/s1. The maximum absolute atomic E-state index is 10.5. The summed E-state index contributed by atoms with van der Waals surface area (Å²) in [7, 11) is 1.66. The molecule has 0 fully saturated rings. The van der Waals surface area contributed by atoms with Crippen molar-refractivity contribution in [3.63, 3.8) is 0 Å². The Hall–Kier alpha value is -2.76. The SMILES string of the molecule is COc1ccccc1CN(Cc1ccco1)C[C@H](O)COc1ccccc1. The second-order valence-corrected chi connectivity index (χ2v) is 6.34. The van der Waals surface area contributed by atoms with Crippen LogP contribution in [0.2, 0.25) is 0 Å². The Morgan fingerprint density at radius 1 is 0.963 bits per heavy atom. The van der Waals surface area contributed by atoms with Crippen LogP contribution >= 0.6 is 0 Å². The average molecular weight is 367 g/mol. The molecule has 5 nitrogen and oxygen atoms in total. The topological polar surface area (TPSA) is 55.1 Å². The number of rotatable bonds is 10. The lowest BCUT2D eigenvalue weighted by Gasteiger charge is -2.25. The first-order valence-corrected chi connectivity index (χ1v) is 8.97. The van der Waals surface area contributed by atoms with Gasteiger partial charge in [0.1, 0.15) is 30.0 Å². The molecule has 3 aromatic rings. The number of para-hydroxylation sites is 2. The van der Waals surface area contributed by atoms with Crippen molar-refractivity contribution < 1.29 is 19.0 Å². The third-order valence-electron chi connectivity index (χ3n) is 4.20. The number of hydrogen-bond donors (Lipinski definition) is 1. The van der Waals surface area contributed by atoms with Crippen LogP contribution in [0.4, 0.5) is 0 Å². The minimum Gasteiger partial charge on any atom is -0.496 e. The van der Waals surface area contributed by atoms with Gasteiger partial charge in [-0.05, 0) is 30.3 Å². The van der Waals surface area contributed by atoms with Gasteiger partial charge < -0.3 is 19.0 Å². The van der Waals surface area contributed by atoms with Gasteiger partial charge in [0.15, 0.2) is 0 Å². The summed E-state index contributed by atoms with van der Waals surface area (Å²) in [6, 6.07) is 21.2. The number of methoxy groups -OCH3 is 1. The molecule has 5 heteroatoms. The van der Waals surface area contributed by atoms with E-state index >= 15 is 0 Å². The zero-order valence-electron chi connectivity index (χ0n) is 15.5. The maximum atomic E-state index is 10.5. The molecule has 0 bridgehead atoms. The molecule has 0 aliphatic heterocycles. The van der Waals surface area contributed by atoms with Gasteiger partial charge in [-0.1, -0.05) is 36.4 Å². The van der Waals surface area contributed by atoms with Crippen LogP contribution < -0.4 is 9.47 Å². The van der Waals surface area contributed by atoms with Gasteiger partial charge in [0, 0.05) is 18.7 Å². The lowest BCUT2D eigenvalue weighted by Crippen LogP contribution is -2.35. The van der Waals surface area contributed by atoms with Crippen molar-refractivity contribution >= 4 is 0 Å². The number of aliphatic hydroxyl groups is 1. The minimum absolute atomic E-state index is 0.227. The van der Waals surface area contributed by atoms with Crippen molar-refractivity contribution in [1.82, 2.24) is 4.90 Å². The number of nitrogens with zero attached hydrogens (tertiary/aromatic N) is 1. The van der Waals surface area contributed by atoms with E-state index in [1.54, 1.807) is 13.4 Å². The number of hydrogen-bond acceptors (Lipinski definition) is 5. The molecule has 142 valence electrons. The zero-order valence-corrected chi connectivity index (χ0v) is 15.5. The Morgan fingerprint density at radius 3 is 2.48 bits per heavy atom. The van der Waals surface area contributed by atoms with Gasteiger partial charge in [0.05, 0.1) is 19.9 Å². The van der Waals surface area contributed by atoms with E-state index in [2.05, 4.69) is 4.90 Å². The van der Waals surface area contributed by atoms with Crippen LogP contribution in [0.5, 0.6) is 11.5 Å². The third kappa shape index (κ3) is 5.88. The minimum atomic E-state index is -0.630. The van der Waals surface area contributed by atoms with Gasteiger partial charge in [-0.2, -0.15) is 0 Å². The van der Waals surface area contributed by atoms with Crippen LogP contribution in [0, 0.1) is 0 Å². The largest absolute Gasteiger partial charge is 0.496 e. The number of benzene rings is 2. The Balaban J connectivity index is 1.64. The highest BCUT2D eigenvalue weighted by Crippen LogP contribution is 2.21. The Bertz CT molecular complexity index is 789. The van der Waals surface area contributed by atoms with E-state index in [1.165, 1.54) is 0 Å². The molecule has 1 N–H and O–H groups in total. The molecule has 0 radical (unpaired) electrons. The monoisotopic (exact) mass is 367 g/mol. The molecule has 1 aromatic heterocycles. The van der Waals surface area contributed by atoms with Gasteiger partial charge in [-0.3, -0.25) is 4.90 Å². The van der Waals surface area contributed by atoms with E-state index in [9.17, 15) is 5.11 Å². The van der Waals surface area contributed by atoms with E-state index in [-0.39, 0.29) is 6.61 Å². The van der Waals surface area contributed by atoms with Crippen LogP contribution in [0.25, 0.3) is 0 Å². The smallest absolute Gasteiger partial charge is 0.123 e. The van der Waals surface area contributed by atoms with Gasteiger partial charge in [0.25, 0.3) is 0 Å². The fourth-order valence-electron chi connectivity index (χ4n) is 2.94. The molecule has 0 amide bonds. The number of ether oxygens (including phenoxy) is 2. The summed E-state index contributed by atoms with van der Waals surface area (Å²) in [5.74, 6) is 2.43. The van der Waals surface area contributed by atoms with Crippen molar-refractivity contribution in [2.24, 2.45) is 0 Å². The third-order valence-corrected chi connectivity index (χ3v) is 4.20. The van der Waals surface area contributed by atoms with Gasteiger partial charge in [0.2, 0.25) is 0 Å². The molecule has 27 heavy (non-hydrogen) atoms. The van der Waals surface area contributed by atoms with Gasteiger partial charge in [-0.25, -0.2) is 0 Å². The number of aliphatic hydroxyl groups excluding tert-OH is 1. The summed E-state index contributed by atoms with van der Waals surface area (Å²) < 4.78 is 16.6. The molecular formula is C22H25NO4. The molecule has 0 aliphatic carbocycles. The van der Waals surface area contributed by atoms with Crippen molar-refractivity contribution in [3.05, 3.63) is 84.3 Å². The fourth-order valence-corrected chi connectivity index (χ4v) is 2.94. The second-order valence-electron chi connectivity index (χ2n) is 6.34. The Kier molecular flexibility index (Phi) is 6.90. The molecule has 0 saturated carbocycles. The molecular weight excluding hydrogens is 342 g/mol. The molecule has 1 heterocycles. The van der Waals surface area contributed by atoms with Crippen molar-refractivity contribution in [3.8, 4) is 11.5 Å². The van der Waals surface area contributed by atoms with Crippen molar-refractivity contribution in [2.45, 2.75) is 19.2 Å². The predicted molar refractivity (Wildman–Crippen MR) is 104 cm³/mol. The van der Waals surface area contributed by atoms with Gasteiger partial charge >= 0.3 is 0 Å². The highest BCUT2D eigenvalue weighted by molar-refractivity contribution is 5.33. The maximum Gasteiger partial charge on any atom is 0.123 e. The van der Waals surface area contributed by atoms with E-state index < -0.39 is 6.10 Å². The Labute approximate surface area is 159 Å². The molecule has 0 saturated heterocycles. The summed E-state index contributed by atoms with van der Waals surface area (Å²) in [5.41, 5.74) is 1.06. The highest BCUT2D eigenvalue weighted by atomic mass is 16.5. The first-order chi connectivity index (χ1) is 13.2. The summed E-state index contributed by atoms with van der Waals surface area (Å²) >= 11 is 0. The first-order valence-electron chi connectivity index (χ1n) is 8.97. The summed E-state index contributed by atoms with van der Waals surface area (Å²) in [6.07, 6.45) is 1.03. The Morgan fingerprint density at radius 2 is 1.74 bits per heavy atom. The summed E-state index contributed by atoms with van der Waals surface area (Å²) in [4.78, 5) is 2.12. The van der Waals surface area contributed by atoms with Crippen LogP contribution in [-0.4, -0.2) is 36.4 Å². The lowest BCUT2D eigenvalue weighted by atomic mass is 10.1. The van der Waals surface area contributed by atoms with E-state index in [0.717, 1.165) is 22.8 Å². The van der Waals surface area contributed by atoms with Crippen molar-refractivity contribution in [1.29, 1.82) is 0 Å². The lowest BCUT2D eigenvalue weighted by molar-refractivity contribution is 0.0602. The predicted octanol–water partition coefficient (Wildman–Crippen LogP) is 3.73. The van der Waals surface area contributed by atoms with Crippen LogP contribution in [0.3, 0.4) is 0 Å². The van der Waals surface area contributed by atoms with Gasteiger partial charge in [-0.15, -0.1) is 0 Å². The molecule has 0 spiro atoms. The molecule has 2 aromatic carbocycles. The molecule has 0 unspecified atom stereocenters. The quantitative estimate of drug-likeness (QED) is 0.592. The molecule has 0 aliphatic rings. The van der Waals surface area contributed by atoms with E-state index in [0.29, 0.717) is 19.6 Å². The summed E-state index contributed by atoms with van der Waals surface area (Å²) in [5, 5.41) is 10.5. The summed E-state index contributed by atoms with van der Waals surface area (Å²) in [6.45, 7) is 1.90. The highest BCUT2D eigenvalue weighted by Gasteiger charge is 2.16. The van der Waals surface area contributed by atoms with Crippen molar-refractivity contribution in [2.75, 3.05) is 20.3 Å². The second kappa shape index (κ2) is 9.80. The zero-order chi connectivity index (χ0) is 18.9. The van der Waals surface area contributed by atoms with E-state index in [1.807, 2.05) is 66.7 Å². The van der Waals surface area contributed by atoms with Crippen LogP contribution in [0.15, 0.2) is 77.4 Å².